The molecule has 17 heteroatoms. The van der Waals surface area contributed by atoms with Crippen LogP contribution in [0.5, 0.6) is 5.75 Å². The summed E-state index contributed by atoms with van der Waals surface area (Å²) >= 11 is 0. The Morgan fingerprint density at radius 1 is 0.513 bits per heavy atom. The smallest absolute Gasteiger partial charge is 0.303 e. The van der Waals surface area contributed by atoms with Crippen molar-refractivity contribution in [2.75, 3.05) is 0 Å². The number of hydrogen-bond donors (Lipinski definition) is 1. The molecular formula is C22H12N8O9. The van der Waals surface area contributed by atoms with Crippen molar-refractivity contribution in [1.29, 1.82) is 0 Å². The third kappa shape index (κ3) is 5.31. The van der Waals surface area contributed by atoms with Gasteiger partial charge < -0.3 is 5.11 Å². The molecule has 0 aromatic heterocycles. The van der Waals surface area contributed by atoms with Crippen LogP contribution in [0.3, 0.4) is 0 Å². The van der Waals surface area contributed by atoms with E-state index < -0.39 is 42.4 Å². The minimum absolute atomic E-state index is 0.0585. The van der Waals surface area contributed by atoms with E-state index >= 15 is 0 Å². The van der Waals surface area contributed by atoms with Gasteiger partial charge in [0.15, 0.2) is 17.1 Å². The lowest BCUT2D eigenvalue weighted by Crippen LogP contribution is -1.92. The molecule has 0 aliphatic heterocycles. The Morgan fingerprint density at radius 3 is 1.41 bits per heavy atom. The molecule has 0 unspecified atom stereocenters. The molecule has 0 saturated heterocycles. The first-order chi connectivity index (χ1) is 18.6. The van der Waals surface area contributed by atoms with Crippen molar-refractivity contribution in [3.05, 3.63) is 107 Å². The normalized spacial score (nSPS) is 11.3. The molecule has 4 aromatic rings. The largest absolute Gasteiger partial charge is 0.505 e. The number of benzene rings is 4. The monoisotopic (exact) mass is 532 g/mol. The number of hydrogen-bond acceptors (Lipinski definition) is 13. The Kier molecular flexibility index (Phi) is 6.88. The van der Waals surface area contributed by atoms with Crippen LogP contribution in [0.1, 0.15) is 0 Å². The Balaban J connectivity index is 1.81. The van der Waals surface area contributed by atoms with Crippen molar-refractivity contribution >= 4 is 56.3 Å². The second-order valence-electron chi connectivity index (χ2n) is 7.58. The van der Waals surface area contributed by atoms with Crippen LogP contribution in [0, 0.1) is 40.5 Å². The Labute approximate surface area is 215 Å². The molecule has 39 heavy (non-hydrogen) atoms. The molecule has 0 radical (unpaired) electrons. The van der Waals surface area contributed by atoms with Crippen molar-refractivity contribution < 1.29 is 24.8 Å². The topological polar surface area (TPSA) is 242 Å². The zero-order valence-corrected chi connectivity index (χ0v) is 19.1. The van der Waals surface area contributed by atoms with Crippen LogP contribution in [0.15, 0.2) is 87.2 Å². The highest BCUT2D eigenvalue weighted by Gasteiger charge is 2.21. The summed E-state index contributed by atoms with van der Waals surface area (Å²) in [6.07, 6.45) is 0. The number of nitrogens with zero attached hydrogens (tertiary/aromatic N) is 8. The molecule has 1 N–H and O–H groups in total. The van der Waals surface area contributed by atoms with Gasteiger partial charge >= 0.3 is 11.4 Å². The molecule has 0 aliphatic carbocycles. The highest BCUT2D eigenvalue weighted by molar-refractivity contribution is 6.00. The molecule has 0 fully saturated rings. The second kappa shape index (κ2) is 10.4. The molecule has 0 spiro atoms. The number of phenolic OH excluding ortho intramolecular Hbond substituents is 1. The van der Waals surface area contributed by atoms with E-state index in [1.165, 1.54) is 12.1 Å². The first-order valence-corrected chi connectivity index (χ1v) is 10.5. The van der Waals surface area contributed by atoms with Gasteiger partial charge in [-0.05, 0) is 18.2 Å². The third-order valence-electron chi connectivity index (χ3n) is 5.24. The zero-order chi connectivity index (χ0) is 28.3. The van der Waals surface area contributed by atoms with E-state index in [2.05, 4.69) is 20.5 Å². The highest BCUT2D eigenvalue weighted by atomic mass is 16.6. The summed E-state index contributed by atoms with van der Waals surface area (Å²) < 4.78 is 0. The van der Waals surface area contributed by atoms with Gasteiger partial charge in [-0.3, -0.25) is 40.5 Å². The van der Waals surface area contributed by atoms with Gasteiger partial charge in [0.05, 0.1) is 37.5 Å². The molecule has 0 amide bonds. The lowest BCUT2D eigenvalue weighted by Gasteiger charge is -2.07. The average Bonchev–Trinajstić information content (AvgIpc) is 2.91. The fraction of sp³-hybridized carbons (Fsp3) is 0. The summed E-state index contributed by atoms with van der Waals surface area (Å²) in [4.78, 5) is 41.4. The molecule has 0 atom stereocenters. The summed E-state index contributed by atoms with van der Waals surface area (Å²) in [7, 11) is 0. The minimum Gasteiger partial charge on any atom is -0.505 e. The summed E-state index contributed by atoms with van der Waals surface area (Å²) in [5.41, 5.74) is -3.18. The van der Waals surface area contributed by atoms with Crippen LogP contribution in [-0.4, -0.2) is 24.8 Å². The number of nitro benzene ring substituents is 4. The van der Waals surface area contributed by atoms with E-state index in [4.69, 9.17) is 0 Å². The van der Waals surface area contributed by atoms with Gasteiger partial charge in [-0.2, -0.15) is 0 Å². The lowest BCUT2D eigenvalue weighted by atomic mass is 10.1. The van der Waals surface area contributed by atoms with Gasteiger partial charge in [-0.25, -0.2) is 0 Å². The first kappa shape index (κ1) is 25.8. The van der Waals surface area contributed by atoms with Crippen LogP contribution in [-0.2, 0) is 0 Å². The van der Waals surface area contributed by atoms with E-state index in [0.717, 1.165) is 30.3 Å². The van der Waals surface area contributed by atoms with Crippen LogP contribution in [0.2, 0.25) is 0 Å². The predicted octanol–water partition coefficient (Wildman–Crippen LogP) is 7.01. The standard InChI is InChI=1S/C22H12N8O9/c31-22-15-4-2-1-3-14(15)18(25-23-16-7-5-12(27(32)33)9-20(16)29(36)37)11-19(22)26-24-17-8-6-13(28(34)35)10-21(17)30(38)39/h1-11,31H. The van der Waals surface area contributed by atoms with Gasteiger partial charge in [0, 0.05) is 22.9 Å². The number of phenols is 1. The maximum atomic E-state index is 11.4. The fourth-order valence-electron chi connectivity index (χ4n) is 3.41. The molecule has 4 rings (SSSR count). The number of azo groups is 2. The van der Waals surface area contributed by atoms with E-state index in [1.807, 2.05) is 0 Å². The highest BCUT2D eigenvalue weighted by Crippen LogP contribution is 2.43. The minimum atomic E-state index is -0.877. The SMILES string of the molecule is O=[N+]([O-])c1ccc(N=Nc2cc(N=Nc3ccc([N+](=O)[O-])cc3[N+](=O)[O-])c3ccccc3c2O)c([N+](=O)[O-])c1. The summed E-state index contributed by atoms with van der Waals surface area (Å²) in [5.74, 6) is -0.376. The number of non-ortho nitro benzene ring substituents is 2. The molecule has 0 saturated carbocycles. The molecule has 0 aliphatic rings. The predicted molar refractivity (Wildman–Crippen MR) is 133 cm³/mol. The zero-order valence-electron chi connectivity index (χ0n) is 19.1. The first-order valence-electron chi connectivity index (χ1n) is 10.5. The Bertz CT molecular complexity index is 1750. The van der Waals surface area contributed by atoms with Gasteiger partial charge in [0.1, 0.15) is 5.69 Å². The molecular weight excluding hydrogens is 520 g/mol. The van der Waals surface area contributed by atoms with Crippen LogP contribution < -0.4 is 0 Å². The van der Waals surface area contributed by atoms with Crippen molar-refractivity contribution in [2.24, 2.45) is 20.5 Å². The average molecular weight is 532 g/mol. The number of aromatic hydroxyl groups is 1. The van der Waals surface area contributed by atoms with Crippen molar-refractivity contribution in [1.82, 2.24) is 0 Å². The number of rotatable bonds is 8. The third-order valence-corrected chi connectivity index (χ3v) is 5.24. The van der Waals surface area contributed by atoms with Crippen molar-refractivity contribution in [3.63, 3.8) is 0 Å². The van der Waals surface area contributed by atoms with E-state index in [-0.39, 0.29) is 33.9 Å². The second-order valence-corrected chi connectivity index (χ2v) is 7.58. The van der Waals surface area contributed by atoms with E-state index in [0.29, 0.717) is 11.5 Å². The number of nitro groups is 4. The Morgan fingerprint density at radius 2 is 0.949 bits per heavy atom. The van der Waals surface area contributed by atoms with Crippen molar-refractivity contribution in [2.45, 2.75) is 0 Å². The molecule has 0 heterocycles. The van der Waals surface area contributed by atoms with E-state index in [1.54, 1.807) is 18.2 Å². The van der Waals surface area contributed by atoms with Gasteiger partial charge in [0.2, 0.25) is 0 Å². The summed E-state index contributed by atoms with van der Waals surface area (Å²) in [6.45, 7) is 0. The number of fused-ring (bicyclic) bond motifs is 1. The van der Waals surface area contributed by atoms with E-state index in [9.17, 15) is 45.6 Å². The van der Waals surface area contributed by atoms with Crippen LogP contribution >= 0.6 is 0 Å². The molecule has 0 bridgehead atoms. The van der Waals surface area contributed by atoms with Gasteiger partial charge in [-0.15, -0.1) is 20.5 Å². The Hall–Kier alpha value is -6.26. The van der Waals surface area contributed by atoms with Crippen molar-refractivity contribution in [3.8, 4) is 5.75 Å². The summed E-state index contributed by atoms with van der Waals surface area (Å²) in [6, 6.07) is 13.0. The summed E-state index contributed by atoms with van der Waals surface area (Å²) in [5, 5.41) is 71.5. The maximum absolute atomic E-state index is 11.4. The van der Waals surface area contributed by atoms with Gasteiger partial charge in [-0.1, -0.05) is 24.3 Å². The van der Waals surface area contributed by atoms with Crippen LogP contribution in [0.4, 0.5) is 45.5 Å². The fourth-order valence-corrected chi connectivity index (χ4v) is 3.41. The lowest BCUT2D eigenvalue weighted by molar-refractivity contribution is -0.394. The molecule has 194 valence electrons. The molecule has 17 nitrogen and oxygen atoms in total. The quantitative estimate of drug-likeness (QED) is 0.139. The van der Waals surface area contributed by atoms with Gasteiger partial charge in [0.25, 0.3) is 11.4 Å². The maximum Gasteiger partial charge on any atom is 0.303 e. The van der Waals surface area contributed by atoms with Crippen LogP contribution in [0.25, 0.3) is 10.8 Å². The molecule has 4 aromatic carbocycles.